The zero-order chi connectivity index (χ0) is 16.4. The van der Waals surface area contributed by atoms with Gasteiger partial charge >= 0.3 is 5.97 Å². The third-order valence-corrected chi connectivity index (χ3v) is 3.95. The summed E-state index contributed by atoms with van der Waals surface area (Å²) in [6.07, 6.45) is 11.9. The molecule has 0 unspecified atom stereocenters. The van der Waals surface area contributed by atoms with Crippen molar-refractivity contribution in [2.45, 2.75) is 57.8 Å². The Labute approximate surface area is 133 Å². The fraction of sp³-hybridized carbons (Fsp3) is 0.706. The standard InChI is InChI=1S/C17H28O5/c1-5-6-7-8-9-10-12-17(20-4)13-11-15(21-22-17)14(2)16(18)19-3/h6-9,14-15H,5,10-13H2,1-4H3/b7-6+,9-8+/t14-,15-,17-/m1/s1. The van der Waals surface area contributed by atoms with Crippen molar-refractivity contribution in [1.82, 2.24) is 0 Å². The summed E-state index contributed by atoms with van der Waals surface area (Å²) >= 11 is 0. The van der Waals surface area contributed by atoms with E-state index in [4.69, 9.17) is 19.2 Å². The monoisotopic (exact) mass is 312 g/mol. The van der Waals surface area contributed by atoms with Crippen molar-refractivity contribution in [3.05, 3.63) is 24.3 Å². The number of hydrogen-bond acceptors (Lipinski definition) is 5. The van der Waals surface area contributed by atoms with Crippen LogP contribution in [0.4, 0.5) is 0 Å². The van der Waals surface area contributed by atoms with E-state index >= 15 is 0 Å². The molecule has 1 saturated heterocycles. The molecule has 5 nitrogen and oxygen atoms in total. The quantitative estimate of drug-likeness (QED) is 0.390. The molecule has 0 aromatic rings. The highest BCUT2D eigenvalue weighted by atomic mass is 17.2. The normalized spacial score (nSPS) is 27.4. The summed E-state index contributed by atoms with van der Waals surface area (Å²) in [6, 6.07) is 0. The van der Waals surface area contributed by atoms with Crippen LogP contribution in [0.3, 0.4) is 0 Å². The summed E-state index contributed by atoms with van der Waals surface area (Å²) in [4.78, 5) is 22.4. The first-order valence-corrected chi connectivity index (χ1v) is 7.87. The Balaban J connectivity index is 2.45. The Hall–Kier alpha value is -1.17. The second-order valence-corrected chi connectivity index (χ2v) is 5.49. The Morgan fingerprint density at radius 3 is 2.64 bits per heavy atom. The molecule has 1 heterocycles. The Bertz CT molecular complexity index is 381. The lowest BCUT2D eigenvalue weighted by atomic mass is 9.94. The first-order chi connectivity index (χ1) is 10.6. The molecule has 0 N–H and O–H groups in total. The zero-order valence-electron chi connectivity index (χ0n) is 14.0. The number of allylic oxidation sites excluding steroid dienone is 4. The summed E-state index contributed by atoms with van der Waals surface area (Å²) in [6.45, 7) is 3.88. The van der Waals surface area contributed by atoms with Crippen molar-refractivity contribution >= 4 is 5.97 Å². The van der Waals surface area contributed by atoms with E-state index in [-0.39, 0.29) is 18.0 Å². The topological polar surface area (TPSA) is 54.0 Å². The summed E-state index contributed by atoms with van der Waals surface area (Å²) in [5, 5.41) is 0. The largest absolute Gasteiger partial charge is 0.469 e. The minimum atomic E-state index is -0.731. The zero-order valence-corrected chi connectivity index (χ0v) is 14.0. The van der Waals surface area contributed by atoms with Gasteiger partial charge in [-0.2, -0.15) is 0 Å². The predicted octanol–water partition coefficient (Wildman–Crippen LogP) is 3.55. The Kier molecular flexibility index (Phi) is 8.38. The number of ether oxygens (including phenoxy) is 2. The van der Waals surface area contributed by atoms with Crippen LogP contribution in [0.25, 0.3) is 0 Å². The molecule has 5 heteroatoms. The maximum Gasteiger partial charge on any atom is 0.311 e. The summed E-state index contributed by atoms with van der Waals surface area (Å²) < 4.78 is 10.2. The van der Waals surface area contributed by atoms with Gasteiger partial charge in [-0.3, -0.25) is 4.79 Å². The van der Waals surface area contributed by atoms with E-state index in [1.165, 1.54) is 7.11 Å². The Morgan fingerprint density at radius 2 is 2.09 bits per heavy atom. The highest BCUT2D eigenvalue weighted by Gasteiger charge is 2.41. The molecule has 0 aliphatic carbocycles. The van der Waals surface area contributed by atoms with Gasteiger partial charge in [0.05, 0.1) is 13.0 Å². The number of methoxy groups -OCH3 is 2. The van der Waals surface area contributed by atoms with Gasteiger partial charge in [0.1, 0.15) is 6.10 Å². The SMILES string of the molecule is CC/C=C/C=C/CC[C@]1(OC)CC[C@H]([C@@H](C)C(=O)OC)OO1. The second kappa shape index (κ2) is 9.77. The molecule has 1 rings (SSSR count). The molecule has 22 heavy (non-hydrogen) atoms. The second-order valence-electron chi connectivity index (χ2n) is 5.49. The summed E-state index contributed by atoms with van der Waals surface area (Å²) in [7, 11) is 3.00. The van der Waals surface area contributed by atoms with Gasteiger partial charge < -0.3 is 9.47 Å². The molecule has 0 aromatic carbocycles. The molecule has 126 valence electrons. The van der Waals surface area contributed by atoms with Crippen LogP contribution in [-0.4, -0.2) is 32.1 Å². The van der Waals surface area contributed by atoms with Crippen LogP contribution < -0.4 is 0 Å². The van der Waals surface area contributed by atoms with Crippen molar-refractivity contribution < 1.29 is 24.0 Å². The molecule has 1 aliphatic rings. The van der Waals surface area contributed by atoms with Crippen LogP contribution in [0.5, 0.6) is 0 Å². The third kappa shape index (κ3) is 5.55. The lowest BCUT2D eigenvalue weighted by molar-refractivity contribution is -0.469. The lowest BCUT2D eigenvalue weighted by Crippen LogP contribution is -2.44. The van der Waals surface area contributed by atoms with Crippen LogP contribution >= 0.6 is 0 Å². The van der Waals surface area contributed by atoms with Gasteiger partial charge in [0, 0.05) is 20.0 Å². The minimum absolute atomic E-state index is 0.288. The molecule has 0 aromatic heterocycles. The molecule has 0 amide bonds. The van der Waals surface area contributed by atoms with E-state index in [1.807, 2.05) is 12.2 Å². The van der Waals surface area contributed by atoms with Crippen molar-refractivity contribution in [2.24, 2.45) is 5.92 Å². The van der Waals surface area contributed by atoms with Crippen molar-refractivity contribution in [2.75, 3.05) is 14.2 Å². The van der Waals surface area contributed by atoms with Crippen molar-refractivity contribution in [3.8, 4) is 0 Å². The average molecular weight is 312 g/mol. The molecule has 0 saturated carbocycles. The number of carbonyl (C=O) groups excluding carboxylic acids is 1. The van der Waals surface area contributed by atoms with E-state index < -0.39 is 5.79 Å². The van der Waals surface area contributed by atoms with E-state index in [1.54, 1.807) is 14.0 Å². The van der Waals surface area contributed by atoms with Gasteiger partial charge in [-0.25, -0.2) is 9.78 Å². The van der Waals surface area contributed by atoms with Gasteiger partial charge in [0.25, 0.3) is 0 Å². The minimum Gasteiger partial charge on any atom is -0.469 e. The Morgan fingerprint density at radius 1 is 1.36 bits per heavy atom. The van der Waals surface area contributed by atoms with Gasteiger partial charge in [-0.15, -0.1) is 0 Å². The number of rotatable bonds is 8. The molecular weight excluding hydrogens is 284 g/mol. The fourth-order valence-corrected chi connectivity index (χ4v) is 2.37. The highest BCUT2D eigenvalue weighted by molar-refractivity contribution is 5.72. The lowest BCUT2D eigenvalue weighted by Gasteiger charge is -2.38. The van der Waals surface area contributed by atoms with Crippen molar-refractivity contribution in [3.63, 3.8) is 0 Å². The molecule has 0 bridgehead atoms. The number of esters is 1. The van der Waals surface area contributed by atoms with E-state index in [9.17, 15) is 4.79 Å². The van der Waals surface area contributed by atoms with E-state index in [2.05, 4.69) is 19.1 Å². The maximum absolute atomic E-state index is 11.5. The van der Waals surface area contributed by atoms with Crippen LogP contribution in [0, 0.1) is 5.92 Å². The fourth-order valence-electron chi connectivity index (χ4n) is 2.37. The van der Waals surface area contributed by atoms with Gasteiger partial charge in [0.15, 0.2) is 0 Å². The van der Waals surface area contributed by atoms with Crippen LogP contribution in [0.2, 0.25) is 0 Å². The molecule has 3 atom stereocenters. The van der Waals surface area contributed by atoms with Gasteiger partial charge in [0.2, 0.25) is 5.79 Å². The molecule has 1 fully saturated rings. The molecular formula is C17H28O5. The highest BCUT2D eigenvalue weighted by Crippen LogP contribution is 2.34. The molecule has 1 aliphatic heterocycles. The van der Waals surface area contributed by atoms with Crippen LogP contribution in [-0.2, 0) is 24.0 Å². The summed E-state index contributed by atoms with van der Waals surface area (Å²) in [5.74, 6) is -1.37. The van der Waals surface area contributed by atoms with Gasteiger partial charge in [-0.05, 0) is 26.2 Å². The van der Waals surface area contributed by atoms with E-state index in [0.717, 1.165) is 12.8 Å². The van der Waals surface area contributed by atoms with Crippen LogP contribution in [0.15, 0.2) is 24.3 Å². The van der Waals surface area contributed by atoms with Gasteiger partial charge in [-0.1, -0.05) is 31.2 Å². The molecule has 0 radical (unpaired) electrons. The third-order valence-electron chi connectivity index (χ3n) is 3.95. The number of carbonyl (C=O) groups is 1. The average Bonchev–Trinajstić information content (AvgIpc) is 2.57. The predicted molar refractivity (Wildman–Crippen MR) is 83.9 cm³/mol. The van der Waals surface area contributed by atoms with Crippen LogP contribution in [0.1, 0.15) is 46.0 Å². The first-order valence-electron chi connectivity index (χ1n) is 7.87. The smallest absolute Gasteiger partial charge is 0.311 e. The van der Waals surface area contributed by atoms with E-state index in [0.29, 0.717) is 19.3 Å². The molecule has 0 spiro atoms. The first kappa shape index (κ1) is 18.9. The maximum atomic E-state index is 11.5. The number of hydrogen-bond donors (Lipinski definition) is 0. The van der Waals surface area contributed by atoms with Crippen molar-refractivity contribution in [1.29, 1.82) is 0 Å². The summed E-state index contributed by atoms with van der Waals surface area (Å²) in [5.41, 5.74) is 0.